The van der Waals surface area contributed by atoms with Crippen LogP contribution in [0.3, 0.4) is 0 Å². The van der Waals surface area contributed by atoms with E-state index in [9.17, 15) is 9.59 Å². The van der Waals surface area contributed by atoms with E-state index in [0.717, 1.165) is 5.76 Å². The predicted octanol–water partition coefficient (Wildman–Crippen LogP) is 1.92. The first-order valence-electron chi connectivity index (χ1n) is 6.43. The molecule has 6 nitrogen and oxygen atoms in total. The molecule has 0 saturated carbocycles. The van der Waals surface area contributed by atoms with Crippen molar-refractivity contribution in [3.63, 3.8) is 0 Å². The van der Waals surface area contributed by atoms with E-state index in [0.29, 0.717) is 17.8 Å². The van der Waals surface area contributed by atoms with Gasteiger partial charge in [-0.2, -0.15) is 0 Å². The second kappa shape index (κ2) is 6.60. The third kappa shape index (κ3) is 3.85. The third-order valence-electron chi connectivity index (χ3n) is 2.86. The number of benzene rings is 1. The number of anilines is 1. The largest absolute Gasteiger partial charge is 0.467 e. The second-order valence-electron chi connectivity index (χ2n) is 4.43. The van der Waals surface area contributed by atoms with Crippen LogP contribution in [0.15, 0.2) is 47.1 Å². The molecule has 0 saturated heterocycles. The zero-order chi connectivity index (χ0) is 15.2. The number of carbonyl (C=O) groups is 2. The maximum Gasteiger partial charge on any atom is 0.341 e. The molecule has 0 aliphatic heterocycles. The van der Waals surface area contributed by atoms with Crippen LogP contribution in [-0.2, 0) is 16.1 Å². The Morgan fingerprint density at radius 1 is 1.29 bits per heavy atom. The average molecular weight is 288 g/mol. The normalized spacial score (nSPS) is 11.7. The Morgan fingerprint density at radius 3 is 2.71 bits per heavy atom. The first kappa shape index (κ1) is 14.6. The lowest BCUT2D eigenvalue weighted by molar-refractivity contribution is -0.125. The Kier molecular flexibility index (Phi) is 4.61. The van der Waals surface area contributed by atoms with Crippen molar-refractivity contribution in [1.82, 2.24) is 0 Å². The van der Waals surface area contributed by atoms with Crippen LogP contribution in [0, 0.1) is 0 Å². The highest BCUT2D eigenvalue weighted by atomic mass is 16.5. The molecule has 0 spiro atoms. The van der Waals surface area contributed by atoms with E-state index in [-0.39, 0.29) is 0 Å². The molecular weight excluding hydrogens is 272 g/mol. The van der Waals surface area contributed by atoms with Crippen LogP contribution in [0.4, 0.5) is 5.69 Å². The summed E-state index contributed by atoms with van der Waals surface area (Å²) in [5, 5.41) is 3.09. The molecule has 0 aliphatic rings. The highest BCUT2D eigenvalue weighted by molar-refractivity contribution is 5.97. The number of hydrogen-bond acceptors (Lipinski definition) is 5. The Labute approximate surface area is 121 Å². The first-order chi connectivity index (χ1) is 10.1. The molecule has 110 valence electrons. The third-order valence-corrected chi connectivity index (χ3v) is 2.86. The van der Waals surface area contributed by atoms with Gasteiger partial charge in [0.2, 0.25) is 0 Å². The fraction of sp³-hybridized carbons (Fsp3) is 0.200. The SMILES string of the molecule is C[C@H](OC(=O)c1ccccc1NCc1ccco1)C(N)=O. The van der Waals surface area contributed by atoms with Crippen LogP contribution in [0.2, 0.25) is 0 Å². The van der Waals surface area contributed by atoms with Crippen molar-refractivity contribution in [3.05, 3.63) is 54.0 Å². The first-order valence-corrected chi connectivity index (χ1v) is 6.43. The lowest BCUT2D eigenvalue weighted by Gasteiger charge is -2.13. The van der Waals surface area contributed by atoms with Gasteiger partial charge in [-0.25, -0.2) is 4.79 Å². The van der Waals surface area contributed by atoms with Crippen LogP contribution in [0.1, 0.15) is 23.0 Å². The minimum Gasteiger partial charge on any atom is -0.467 e. The van der Waals surface area contributed by atoms with Crippen molar-refractivity contribution < 1.29 is 18.7 Å². The van der Waals surface area contributed by atoms with E-state index in [1.165, 1.54) is 6.92 Å². The van der Waals surface area contributed by atoms with Gasteiger partial charge in [0.05, 0.1) is 18.4 Å². The summed E-state index contributed by atoms with van der Waals surface area (Å²) in [6, 6.07) is 10.5. The monoisotopic (exact) mass is 288 g/mol. The minimum atomic E-state index is -0.976. The molecule has 1 aromatic carbocycles. The number of amides is 1. The van der Waals surface area contributed by atoms with Gasteiger partial charge in [0.15, 0.2) is 6.10 Å². The van der Waals surface area contributed by atoms with Crippen molar-refractivity contribution in [2.24, 2.45) is 5.73 Å². The quantitative estimate of drug-likeness (QED) is 0.792. The van der Waals surface area contributed by atoms with Crippen LogP contribution < -0.4 is 11.1 Å². The zero-order valence-electron chi connectivity index (χ0n) is 11.5. The molecule has 1 aromatic heterocycles. The summed E-state index contributed by atoms with van der Waals surface area (Å²) in [7, 11) is 0. The van der Waals surface area contributed by atoms with E-state index in [4.69, 9.17) is 14.9 Å². The molecule has 1 amide bonds. The summed E-state index contributed by atoms with van der Waals surface area (Å²) in [5.74, 6) is -0.558. The Bertz CT molecular complexity index is 622. The fourth-order valence-corrected chi connectivity index (χ4v) is 1.69. The Balaban J connectivity index is 2.08. The Hall–Kier alpha value is -2.76. The molecule has 0 radical (unpaired) electrons. The standard InChI is InChI=1S/C15H16N2O4/c1-10(14(16)18)21-15(19)12-6-2-3-7-13(12)17-9-11-5-4-8-20-11/h2-8,10,17H,9H2,1H3,(H2,16,18)/t10-/m0/s1. The summed E-state index contributed by atoms with van der Waals surface area (Å²) in [4.78, 5) is 23.0. The van der Waals surface area contributed by atoms with Gasteiger partial charge in [-0.1, -0.05) is 12.1 Å². The van der Waals surface area contributed by atoms with Crippen LogP contribution in [0.25, 0.3) is 0 Å². The van der Waals surface area contributed by atoms with Crippen molar-refractivity contribution >= 4 is 17.6 Å². The molecule has 0 aliphatic carbocycles. The summed E-state index contributed by atoms with van der Waals surface area (Å²) < 4.78 is 10.2. The highest BCUT2D eigenvalue weighted by Crippen LogP contribution is 2.18. The minimum absolute atomic E-state index is 0.331. The summed E-state index contributed by atoms with van der Waals surface area (Å²) in [5.41, 5.74) is 6.00. The van der Waals surface area contributed by atoms with Crippen molar-refractivity contribution in [3.8, 4) is 0 Å². The van der Waals surface area contributed by atoms with E-state index >= 15 is 0 Å². The van der Waals surface area contributed by atoms with Crippen molar-refractivity contribution in [2.45, 2.75) is 19.6 Å². The maximum absolute atomic E-state index is 12.0. The Morgan fingerprint density at radius 2 is 2.05 bits per heavy atom. The van der Waals surface area contributed by atoms with Gasteiger partial charge in [-0.3, -0.25) is 4.79 Å². The van der Waals surface area contributed by atoms with Gasteiger partial charge < -0.3 is 20.2 Å². The average Bonchev–Trinajstić information content (AvgIpc) is 2.98. The highest BCUT2D eigenvalue weighted by Gasteiger charge is 2.18. The van der Waals surface area contributed by atoms with Gasteiger partial charge in [0, 0.05) is 5.69 Å². The number of carbonyl (C=O) groups excluding carboxylic acids is 2. The number of hydrogen-bond donors (Lipinski definition) is 2. The topological polar surface area (TPSA) is 94.6 Å². The number of primary amides is 1. The van der Waals surface area contributed by atoms with E-state index in [2.05, 4.69) is 5.32 Å². The zero-order valence-corrected chi connectivity index (χ0v) is 11.5. The number of furan rings is 1. The van der Waals surface area contributed by atoms with E-state index in [1.807, 2.05) is 6.07 Å². The molecule has 6 heteroatoms. The van der Waals surface area contributed by atoms with Crippen LogP contribution in [-0.4, -0.2) is 18.0 Å². The van der Waals surface area contributed by atoms with E-state index in [1.54, 1.807) is 36.6 Å². The van der Waals surface area contributed by atoms with Crippen molar-refractivity contribution in [1.29, 1.82) is 0 Å². The number of esters is 1. The van der Waals surface area contributed by atoms with Crippen LogP contribution in [0.5, 0.6) is 0 Å². The number of nitrogens with one attached hydrogen (secondary N) is 1. The molecule has 1 atom stereocenters. The van der Waals surface area contributed by atoms with Gasteiger partial charge in [-0.15, -0.1) is 0 Å². The molecule has 3 N–H and O–H groups in total. The molecule has 21 heavy (non-hydrogen) atoms. The number of rotatable bonds is 6. The van der Waals surface area contributed by atoms with E-state index < -0.39 is 18.0 Å². The molecule has 2 aromatic rings. The summed E-state index contributed by atoms with van der Waals surface area (Å²) >= 11 is 0. The maximum atomic E-state index is 12.0. The number of ether oxygens (including phenoxy) is 1. The second-order valence-corrected chi connectivity index (χ2v) is 4.43. The smallest absolute Gasteiger partial charge is 0.341 e. The number of nitrogens with two attached hydrogens (primary N) is 1. The van der Waals surface area contributed by atoms with Crippen LogP contribution >= 0.6 is 0 Å². The lowest BCUT2D eigenvalue weighted by Crippen LogP contribution is -2.30. The van der Waals surface area contributed by atoms with Gasteiger partial charge >= 0.3 is 5.97 Å². The number of para-hydroxylation sites is 1. The van der Waals surface area contributed by atoms with Gasteiger partial charge in [-0.05, 0) is 31.2 Å². The summed E-state index contributed by atoms with van der Waals surface area (Å²) in [6.07, 6.45) is 0.599. The molecule has 2 rings (SSSR count). The predicted molar refractivity (Wildman–Crippen MR) is 76.5 cm³/mol. The molecule has 0 fully saturated rings. The molecule has 1 heterocycles. The lowest BCUT2D eigenvalue weighted by atomic mass is 10.1. The van der Waals surface area contributed by atoms with Crippen molar-refractivity contribution in [2.75, 3.05) is 5.32 Å². The molecular formula is C15H16N2O4. The molecule has 0 bridgehead atoms. The fourth-order valence-electron chi connectivity index (χ4n) is 1.69. The van der Waals surface area contributed by atoms with Gasteiger partial charge in [0.25, 0.3) is 5.91 Å². The summed E-state index contributed by atoms with van der Waals surface area (Å²) in [6.45, 7) is 1.86. The molecule has 0 unspecified atom stereocenters. The van der Waals surface area contributed by atoms with Gasteiger partial charge in [0.1, 0.15) is 5.76 Å².